The summed E-state index contributed by atoms with van der Waals surface area (Å²) in [6, 6.07) is 14.7. The Morgan fingerprint density at radius 1 is 0.938 bits per heavy atom. The smallest absolute Gasteiger partial charge is 0.119 e. The predicted octanol–water partition coefficient (Wildman–Crippen LogP) is 3.23. The average Bonchev–Trinajstić information content (AvgIpc) is 2.39. The van der Waals surface area contributed by atoms with Gasteiger partial charge in [-0.3, -0.25) is 0 Å². The molecule has 0 spiro atoms. The second kappa shape index (κ2) is 3.74. The van der Waals surface area contributed by atoms with Crippen LogP contribution in [0, 0.1) is 0 Å². The third kappa shape index (κ3) is 1.54. The molecule has 0 unspecified atom stereocenters. The molecule has 1 N–H and O–H groups in total. The van der Waals surface area contributed by atoms with E-state index in [1.807, 2.05) is 24.3 Å². The summed E-state index contributed by atoms with van der Waals surface area (Å²) < 4.78 is 0. The first-order chi connectivity index (χ1) is 7.93. The molecular formula is C14H11NO. The molecule has 0 aromatic heterocycles. The van der Waals surface area contributed by atoms with Crippen molar-refractivity contribution in [1.29, 1.82) is 0 Å². The summed E-state index contributed by atoms with van der Waals surface area (Å²) in [5.74, 6) is 0. The SMILES string of the molecule is C1=CONC(c2ccc3ccccc3c2)=C1. The number of allylic oxidation sites excluding steroid dienone is 2. The Balaban J connectivity index is 2.11. The van der Waals surface area contributed by atoms with Crippen LogP contribution in [0.4, 0.5) is 0 Å². The number of hydrogen-bond donors (Lipinski definition) is 1. The molecule has 0 aliphatic carbocycles. The van der Waals surface area contributed by atoms with E-state index in [1.54, 1.807) is 6.26 Å². The molecule has 78 valence electrons. The fourth-order valence-electron chi connectivity index (χ4n) is 1.82. The van der Waals surface area contributed by atoms with E-state index in [1.165, 1.54) is 10.8 Å². The fourth-order valence-corrected chi connectivity index (χ4v) is 1.82. The summed E-state index contributed by atoms with van der Waals surface area (Å²) in [6.07, 6.45) is 5.49. The van der Waals surface area contributed by atoms with Gasteiger partial charge in [0.1, 0.15) is 6.26 Å². The van der Waals surface area contributed by atoms with Crippen LogP contribution in [0.1, 0.15) is 5.56 Å². The first-order valence-corrected chi connectivity index (χ1v) is 5.21. The summed E-state index contributed by atoms with van der Waals surface area (Å²) in [6.45, 7) is 0. The second-order valence-corrected chi connectivity index (χ2v) is 3.69. The number of hydrogen-bond acceptors (Lipinski definition) is 2. The number of rotatable bonds is 1. The zero-order valence-corrected chi connectivity index (χ0v) is 8.68. The molecule has 1 aliphatic rings. The Hall–Kier alpha value is -2.22. The molecule has 3 rings (SSSR count). The number of nitrogens with one attached hydrogen (secondary N) is 1. The van der Waals surface area contributed by atoms with Gasteiger partial charge in [0.2, 0.25) is 0 Å². The molecule has 0 atom stereocenters. The first kappa shape index (κ1) is 9.04. The highest BCUT2D eigenvalue weighted by molar-refractivity contribution is 5.86. The predicted molar refractivity (Wildman–Crippen MR) is 65.3 cm³/mol. The third-order valence-electron chi connectivity index (χ3n) is 2.64. The van der Waals surface area contributed by atoms with Crippen LogP contribution < -0.4 is 5.48 Å². The van der Waals surface area contributed by atoms with Gasteiger partial charge in [0.05, 0.1) is 5.70 Å². The van der Waals surface area contributed by atoms with Crippen molar-refractivity contribution in [3.63, 3.8) is 0 Å². The molecule has 2 aromatic rings. The van der Waals surface area contributed by atoms with E-state index in [-0.39, 0.29) is 0 Å². The highest BCUT2D eigenvalue weighted by Crippen LogP contribution is 2.20. The Labute approximate surface area is 93.8 Å². The van der Waals surface area contributed by atoms with E-state index in [2.05, 4.69) is 35.8 Å². The van der Waals surface area contributed by atoms with Crippen LogP contribution in [0.5, 0.6) is 0 Å². The van der Waals surface area contributed by atoms with Crippen LogP contribution in [0.15, 0.2) is 60.9 Å². The molecule has 0 radical (unpaired) electrons. The molecule has 0 amide bonds. The van der Waals surface area contributed by atoms with Crippen LogP contribution in [0.2, 0.25) is 0 Å². The molecule has 2 aromatic carbocycles. The molecule has 0 saturated heterocycles. The normalized spacial score (nSPS) is 14.1. The summed E-state index contributed by atoms with van der Waals surface area (Å²) in [7, 11) is 0. The molecule has 1 aliphatic heterocycles. The number of benzene rings is 2. The minimum atomic E-state index is 0.980. The highest BCUT2D eigenvalue weighted by Gasteiger charge is 2.03. The zero-order valence-electron chi connectivity index (χ0n) is 8.68. The van der Waals surface area contributed by atoms with Crippen LogP contribution >= 0.6 is 0 Å². The molecule has 0 saturated carbocycles. The van der Waals surface area contributed by atoms with Gasteiger partial charge >= 0.3 is 0 Å². The maximum absolute atomic E-state index is 5.05. The molecular weight excluding hydrogens is 198 g/mol. The maximum atomic E-state index is 5.05. The highest BCUT2D eigenvalue weighted by atomic mass is 16.6. The lowest BCUT2D eigenvalue weighted by Crippen LogP contribution is -2.11. The van der Waals surface area contributed by atoms with Crippen LogP contribution in [-0.4, -0.2) is 0 Å². The van der Waals surface area contributed by atoms with Gasteiger partial charge in [-0.05, 0) is 29.0 Å². The van der Waals surface area contributed by atoms with E-state index >= 15 is 0 Å². The summed E-state index contributed by atoms with van der Waals surface area (Å²) in [5.41, 5.74) is 4.98. The van der Waals surface area contributed by atoms with Gasteiger partial charge in [-0.25, -0.2) is 5.48 Å². The number of fused-ring (bicyclic) bond motifs is 1. The van der Waals surface area contributed by atoms with Gasteiger partial charge in [-0.15, -0.1) is 0 Å². The van der Waals surface area contributed by atoms with E-state index in [0.717, 1.165) is 11.3 Å². The minimum Gasteiger partial charge on any atom is -0.390 e. The van der Waals surface area contributed by atoms with Gasteiger partial charge in [0, 0.05) is 5.56 Å². The Bertz CT molecular complexity index is 584. The monoisotopic (exact) mass is 209 g/mol. The van der Waals surface area contributed by atoms with Crippen molar-refractivity contribution in [3.8, 4) is 0 Å². The number of hydroxylamine groups is 1. The Morgan fingerprint density at radius 3 is 2.62 bits per heavy atom. The summed E-state index contributed by atoms with van der Waals surface area (Å²) in [4.78, 5) is 5.05. The lowest BCUT2D eigenvalue weighted by Gasteiger charge is -2.12. The van der Waals surface area contributed by atoms with Crippen LogP contribution in [0.25, 0.3) is 16.5 Å². The molecule has 0 fully saturated rings. The zero-order chi connectivity index (χ0) is 10.8. The van der Waals surface area contributed by atoms with Crippen molar-refractivity contribution in [3.05, 3.63) is 66.4 Å². The quantitative estimate of drug-likeness (QED) is 0.778. The van der Waals surface area contributed by atoms with Crippen molar-refractivity contribution in [2.75, 3.05) is 0 Å². The van der Waals surface area contributed by atoms with Crippen molar-refractivity contribution in [2.45, 2.75) is 0 Å². The second-order valence-electron chi connectivity index (χ2n) is 3.69. The van der Waals surface area contributed by atoms with E-state index < -0.39 is 0 Å². The van der Waals surface area contributed by atoms with Crippen LogP contribution in [-0.2, 0) is 4.84 Å². The fraction of sp³-hybridized carbons (Fsp3) is 0. The molecule has 0 bridgehead atoms. The molecule has 2 nitrogen and oxygen atoms in total. The third-order valence-corrected chi connectivity index (χ3v) is 2.64. The van der Waals surface area contributed by atoms with Crippen LogP contribution in [0.3, 0.4) is 0 Å². The van der Waals surface area contributed by atoms with Gasteiger partial charge < -0.3 is 4.84 Å². The summed E-state index contributed by atoms with van der Waals surface area (Å²) >= 11 is 0. The topological polar surface area (TPSA) is 21.3 Å². The van der Waals surface area contributed by atoms with Crippen molar-refractivity contribution < 1.29 is 4.84 Å². The van der Waals surface area contributed by atoms with Crippen molar-refractivity contribution in [1.82, 2.24) is 5.48 Å². The Morgan fingerprint density at radius 2 is 1.81 bits per heavy atom. The molecule has 16 heavy (non-hydrogen) atoms. The minimum absolute atomic E-state index is 0.980. The Kier molecular flexibility index (Phi) is 2.11. The lowest BCUT2D eigenvalue weighted by atomic mass is 10.0. The van der Waals surface area contributed by atoms with Crippen molar-refractivity contribution >= 4 is 16.5 Å². The van der Waals surface area contributed by atoms with E-state index in [9.17, 15) is 0 Å². The van der Waals surface area contributed by atoms with Crippen molar-refractivity contribution in [2.24, 2.45) is 0 Å². The van der Waals surface area contributed by atoms with Gasteiger partial charge in [0.15, 0.2) is 0 Å². The van der Waals surface area contributed by atoms with Gasteiger partial charge in [-0.1, -0.05) is 36.4 Å². The maximum Gasteiger partial charge on any atom is 0.119 e. The molecule has 1 heterocycles. The van der Waals surface area contributed by atoms with Gasteiger partial charge in [0.25, 0.3) is 0 Å². The lowest BCUT2D eigenvalue weighted by molar-refractivity contribution is 0.181. The van der Waals surface area contributed by atoms with E-state index in [4.69, 9.17) is 4.84 Å². The average molecular weight is 209 g/mol. The van der Waals surface area contributed by atoms with E-state index in [0.29, 0.717) is 0 Å². The van der Waals surface area contributed by atoms with Gasteiger partial charge in [-0.2, -0.15) is 0 Å². The molecule has 2 heteroatoms. The standard InChI is InChI=1S/C14H11NO/c1-2-5-12-10-13(8-7-11(12)4-1)14-6-3-9-16-15-14/h1-10,15H. The first-order valence-electron chi connectivity index (χ1n) is 5.21. The summed E-state index contributed by atoms with van der Waals surface area (Å²) in [5, 5.41) is 2.48. The largest absolute Gasteiger partial charge is 0.390 e.